The van der Waals surface area contributed by atoms with Crippen LogP contribution < -0.4 is 4.72 Å². The van der Waals surface area contributed by atoms with Crippen LogP contribution in [0.25, 0.3) is 0 Å². The lowest BCUT2D eigenvalue weighted by Gasteiger charge is -2.37. The number of rotatable bonds is 6. The number of hydrogen-bond donors (Lipinski definition) is 1. The molecule has 0 aliphatic heterocycles. The third kappa shape index (κ3) is 5.60. The van der Waals surface area contributed by atoms with Crippen molar-refractivity contribution in [2.75, 3.05) is 6.61 Å². The molecule has 0 heterocycles. The summed E-state index contributed by atoms with van der Waals surface area (Å²) < 4.78 is 22.0. The standard InChI is InChI=1S/C22H39NO2SSi/c1-16(23-26(24)21(2,3)4)19-12-10-11-18-13-17(14-20(18)19)15-25-27(8,9)22(5,6)7/h10-12,16-17,23H,13-15H2,1-9H3/t16?,17?,26-/m1/s1. The molecule has 1 aromatic rings. The van der Waals surface area contributed by atoms with Crippen LogP contribution in [0.3, 0.4) is 0 Å². The molecular formula is C22H39NO2SSi. The van der Waals surface area contributed by atoms with Crippen LogP contribution in [-0.2, 0) is 28.6 Å². The quantitative estimate of drug-likeness (QED) is 0.496. The number of benzene rings is 1. The maximum atomic E-state index is 12.5. The van der Waals surface area contributed by atoms with E-state index < -0.39 is 19.7 Å². The van der Waals surface area contributed by atoms with Crippen molar-refractivity contribution < 1.29 is 8.98 Å². The molecule has 1 aliphatic carbocycles. The van der Waals surface area contributed by atoms with E-state index in [9.17, 15) is 4.55 Å². The second-order valence-corrected chi connectivity index (χ2v) is 17.4. The van der Waals surface area contributed by atoms with Gasteiger partial charge in [0.05, 0.1) is 6.04 Å². The van der Waals surface area contributed by atoms with Crippen molar-refractivity contribution >= 4 is 19.7 Å². The fourth-order valence-electron chi connectivity index (χ4n) is 3.23. The normalized spacial score (nSPS) is 20.4. The first-order valence-electron chi connectivity index (χ1n) is 10.1. The summed E-state index contributed by atoms with van der Waals surface area (Å²) in [5, 5.41) is 0.249. The number of hydrogen-bond acceptors (Lipinski definition) is 3. The van der Waals surface area contributed by atoms with Gasteiger partial charge in [-0.2, -0.15) is 0 Å². The first-order chi connectivity index (χ1) is 12.2. The maximum Gasteiger partial charge on any atom is 0.191 e. The van der Waals surface area contributed by atoms with Gasteiger partial charge in [0.25, 0.3) is 0 Å². The largest absolute Gasteiger partial charge is 0.598 e. The van der Waals surface area contributed by atoms with Crippen LogP contribution >= 0.6 is 0 Å². The van der Waals surface area contributed by atoms with Crippen molar-refractivity contribution in [3.05, 3.63) is 34.9 Å². The van der Waals surface area contributed by atoms with E-state index in [1.54, 1.807) is 0 Å². The highest BCUT2D eigenvalue weighted by molar-refractivity contribution is 7.90. The van der Waals surface area contributed by atoms with Crippen LogP contribution in [0.2, 0.25) is 18.1 Å². The van der Waals surface area contributed by atoms with Crippen molar-refractivity contribution in [1.29, 1.82) is 0 Å². The minimum absolute atomic E-state index is 0.0834. The number of fused-ring (bicyclic) bond motifs is 1. The molecule has 0 saturated carbocycles. The van der Waals surface area contributed by atoms with Crippen molar-refractivity contribution in [3.63, 3.8) is 0 Å². The third-order valence-electron chi connectivity index (χ3n) is 6.10. The molecule has 1 aliphatic rings. The molecular weight excluding hydrogens is 370 g/mol. The first kappa shape index (κ1) is 23.0. The summed E-state index contributed by atoms with van der Waals surface area (Å²) in [6.07, 6.45) is 2.15. The van der Waals surface area contributed by atoms with E-state index in [1.165, 1.54) is 16.7 Å². The smallest absolute Gasteiger partial charge is 0.191 e. The molecule has 0 spiro atoms. The minimum atomic E-state index is -1.71. The van der Waals surface area contributed by atoms with Gasteiger partial charge in [-0.15, -0.1) is 4.72 Å². The van der Waals surface area contributed by atoms with Gasteiger partial charge in [0.2, 0.25) is 0 Å². The van der Waals surface area contributed by atoms with Crippen LogP contribution in [-0.4, -0.2) is 24.2 Å². The summed E-state index contributed by atoms with van der Waals surface area (Å²) >= 11 is -1.07. The van der Waals surface area contributed by atoms with Gasteiger partial charge in [-0.25, -0.2) is 0 Å². The highest BCUT2D eigenvalue weighted by atomic mass is 32.2. The Kier molecular flexibility index (Phi) is 6.96. The molecule has 0 amide bonds. The van der Waals surface area contributed by atoms with Gasteiger partial charge in [-0.3, -0.25) is 0 Å². The Morgan fingerprint density at radius 3 is 2.37 bits per heavy atom. The molecule has 3 atom stereocenters. The topological polar surface area (TPSA) is 44.3 Å². The molecule has 1 aromatic carbocycles. The Labute approximate surface area is 171 Å². The molecule has 0 saturated heterocycles. The zero-order valence-corrected chi connectivity index (χ0v) is 20.5. The van der Waals surface area contributed by atoms with E-state index >= 15 is 0 Å². The van der Waals surface area contributed by atoms with Gasteiger partial charge in [0.15, 0.2) is 8.32 Å². The Balaban J connectivity index is 2.06. The van der Waals surface area contributed by atoms with Gasteiger partial charge >= 0.3 is 0 Å². The Hall–Kier alpha value is -0.333. The number of nitrogens with one attached hydrogen (secondary N) is 1. The van der Waals surface area contributed by atoms with Gasteiger partial charge in [0.1, 0.15) is 4.75 Å². The van der Waals surface area contributed by atoms with Gasteiger partial charge in [0, 0.05) is 18.0 Å². The predicted molar refractivity (Wildman–Crippen MR) is 120 cm³/mol. The van der Waals surface area contributed by atoms with E-state index in [0.29, 0.717) is 5.92 Å². The van der Waals surface area contributed by atoms with Crippen molar-refractivity contribution in [2.24, 2.45) is 5.92 Å². The summed E-state index contributed by atoms with van der Waals surface area (Å²) in [6, 6.07) is 6.66. The average Bonchev–Trinajstić information content (AvgIpc) is 2.93. The zero-order valence-electron chi connectivity index (χ0n) is 18.7. The molecule has 0 fully saturated rings. The molecule has 2 rings (SSSR count). The summed E-state index contributed by atoms with van der Waals surface area (Å²) in [4.78, 5) is 0. The molecule has 0 radical (unpaired) electrons. The lowest BCUT2D eigenvalue weighted by Crippen LogP contribution is -2.42. The van der Waals surface area contributed by atoms with Crippen molar-refractivity contribution in [1.82, 2.24) is 4.72 Å². The second-order valence-electron chi connectivity index (χ2n) is 10.6. The highest BCUT2D eigenvalue weighted by Gasteiger charge is 2.38. The van der Waals surface area contributed by atoms with Crippen molar-refractivity contribution in [2.45, 2.75) is 90.2 Å². The predicted octanol–water partition coefficient (Wildman–Crippen LogP) is 5.54. The van der Waals surface area contributed by atoms with E-state index in [4.69, 9.17) is 4.43 Å². The van der Waals surface area contributed by atoms with Crippen LogP contribution in [0.15, 0.2) is 18.2 Å². The van der Waals surface area contributed by atoms with Gasteiger partial charge < -0.3 is 8.98 Å². The third-order valence-corrected chi connectivity index (χ3v) is 12.3. The first-order valence-corrected chi connectivity index (χ1v) is 14.2. The van der Waals surface area contributed by atoms with Crippen LogP contribution in [0.5, 0.6) is 0 Å². The monoisotopic (exact) mass is 409 g/mol. The lowest BCUT2D eigenvalue weighted by molar-refractivity contribution is 0.232. The zero-order chi connectivity index (χ0) is 20.6. The summed E-state index contributed by atoms with van der Waals surface area (Å²) in [6.45, 7) is 20.5. The Morgan fingerprint density at radius 1 is 1.19 bits per heavy atom. The minimum Gasteiger partial charge on any atom is -0.598 e. The maximum absolute atomic E-state index is 12.5. The molecule has 1 N–H and O–H groups in total. The van der Waals surface area contributed by atoms with Gasteiger partial charge in [-0.05, 0) is 81.3 Å². The second kappa shape index (κ2) is 8.19. The average molecular weight is 410 g/mol. The Bertz CT molecular complexity index is 649. The Morgan fingerprint density at radius 2 is 1.81 bits per heavy atom. The summed E-state index contributed by atoms with van der Waals surface area (Å²) in [7, 11) is -1.71. The van der Waals surface area contributed by atoms with E-state index in [1.807, 2.05) is 20.8 Å². The molecule has 27 heavy (non-hydrogen) atoms. The van der Waals surface area contributed by atoms with E-state index in [2.05, 4.69) is 63.7 Å². The molecule has 2 unspecified atom stereocenters. The SMILES string of the molecule is CC(N[S@+]([O-])C(C)(C)C)c1cccc2c1CC(CO[Si](C)(C)C(C)(C)C)C2. The highest BCUT2D eigenvalue weighted by Crippen LogP contribution is 2.38. The van der Waals surface area contributed by atoms with Crippen molar-refractivity contribution in [3.8, 4) is 0 Å². The molecule has 0 bridgehead atoms. The van der Waals surface area contributed by atoms with Crippen LogP contribution in [0.4, 0.5) is 0 Å². The molecule has 5 heteroatoms. The van der Waals surface area contributed by atoms with Gasteiger partial charge in [-0.1, -0.05) is 39.0 Å². The molecule has 0 aromatic heterocycles. The summed E-state index contributed by atoms with van der Waals surface area (Å²) in [5.74, 6) is 0.551. The lowest BCUT2D eigenvalue weighted by atomic mass is 9.98. The van der Waals surface area contributed by atoms with E-state index in [0.717, 1.165) is 19.4 Å². The molecule has 3 nitrogen and oxygen atoms in total. The van der Waals surface area contributed by atoms with E-state index in [-0.39, 0.29) is 15.8 Å². The summed E-state index contributed by atoms with van der Waals surface area (Å²) in [5.41, 5.74) is 4.17. The van der Waals surface area contributed by atoms with Crippen LogP contribution in [0, 0.1) is 5.92 Å². The fraction of sp³-hybridized carbons (Fsp3) is 0.727. The molecule has 154 valence electrons. The fourth-order valence-corrected chi connectivity index (χ4v) is 5.12. The van der Waals surface area contributed by atoms with Crippen LogP contribution in [0.1, 0.15) is 71.2 Å².